The van der Waals surface area contributed by atoms with E-state index in [4.69, 9.17) is 4.52 Å². The lowest BCUT2D eigenvalue weighted by Crippen LogP contribution is -2.47. The Kier molecular flexibility index (Phi) is 3.52. The van der Waals surface area contributed by atoms with Gasteiger partial charge in [0.05, 0.1) is 5.92 Å². The third-order valence-electron chi connectivity index (χ3n) is 6.40. The van der Waals surface area contributed by atoms with Gasteiger partial charge in [0.1, 0.15) is 0 Å². The van der Waals surface area contributed by atoms with Gasteiger partial charge in [0.25, 0.3) is 0 Å². The van der Waals surface area contributed by atoms with Crippen LogP contribution >= 0.6 is 0 Å². The van der Waals surface area contributed by atoms with Crippen LogP contribution in [0, 0.1) is 18.8 Å². The summed E-state index contributed by atoms with van der Waals surface area (Å²) in [6.07, 6.45) is 11.1. The topological polar surface area (TPSA) is 42.2 Å². The predicted molar refractivity (Wildman–Crippen MR) is 81.0 cm³/mol. The zero-order valence-electron chi connectivity index (χ0n) is 13.3. The first-order chi connectivity index (χ1) is 10.2. The van der Waals surface area contributed by atoms with Crippen molar-refractivity contribution in [2.45, 2.75) is 76.3 Å². The third kappa shape index (κ3) is 2.32. The van der Waals surface area contributed by atoms with Crippen LogP contribution in [0.4, 0.5) is 0 Å². The van der Waals surface area contributed by atoms with Gasteiger partial charge in [-0.1, -0.05) is 37.3 Å². The number of aromatic nitrogens is 2. The Morgan fingerprint density at radius 3 is 2.62 bits per heavy atom. The summed E-state index contributed by atoms with van der Waals surface area (Å²) < 4.78 is 5.64. The van der Waals surface area contributed by atoms with E-state index in [-0.39, 0.29) is 0 Å². The molecule has 3 heterocycles. The average Bonchev–Trinajstić information content (AvgIpc) is 3.01. The second-order valence-electron chi connectivity index (χ2n) is 7.47. The minimum atomic E-state index is 0.470. The van der Waals surface area contributed by atoms with Gasteiger partial charge in [-0.3, -0.25) is 4.90 Å². The zero-order valence-corrected chi connectivity index (χ0v) is 13.3. The highest BCUT2D eigenvalue weighted by Gasteiger charge is 2.50. The molecular weight excluding hydrogens is 262 g/mol. The molecule has 4 heteroatoms. The fourth-order valence-electron chi connectivity index (χ4n) is 5.35. The van der Waals surface area contributed by atoms with E-state index in [2.05, 4.69) is 22.1 Å². The van der Waals surface area contributed by atoms with E-state index in [1.165, 1.54) is 51.4 Å². The largest absolute Gasteiger partial charge is 0.339 e. The minimum Gasteiger partial charge on any atom is -0.339 e. The molecule has 1 aromatic rings. The van der Waals surface area contributed by atoms with E-state index in [1.807, 2.05) is 6.92 Å². The number of fused-ring (bicyclic) bond motifs is 2. The molecule has 2 bridgehead atoms. The summed E-state index contributed by atoms with van der Waals surface area (Å²) in [5.41, 5.74) is 0. The molecule has 1 aromatic heterocycles. The van der Waals surface area contributed by atoms with E-state index >= 15 is 0 Å². The van der Waals surface area contributed by atoms with E-state index in [1.54, 1.807) is 0 Å². The van der Waals surface area contributed by atoms with Crippen LogP contribution in [-0.4, -0.2) is 34.2 Å². The minimum absolute atomic E-state index is 0.470. The number of rotatable bonds is 2. The first-order valence-corrected chi connectivity index (χ1v) is 8.76. The van der Waals surface area contributed by atoms with E-state index in [0.717, 1.165) is 29.6 Å². The van der Waals surface area contributed by atoms with Gasteiger partial charge in [-0.05, 0) is 45.1 Å². The molecule has 2 unspecified atom stereocenters. The fourth-order valence-corrected chi connectivity index (χ4v) is 5.35. The van der Waals surface area contributed by atoms with Gasteiger partial charge in [-0.25, -0.2) is 0 Å². The Balaban J connectivity index is 1.66. The van der Waals surface area contributed by atoms with Crippen LogP contribution in [0.25, 0.3) is 0 Å². The number of likely N-dealkylation sites (N-methyl/N-ethyl adjacent to an activating group) is 1. The summed E-state index contributed by atoms with van der Waals surface area (Å²) in [7, 11) is 2.30. The van der Waals surface area contributed by atoms with Gasteiger partial charge in [0.15, 0.2) is 5.82 Å². The Bertz CT molecular complexity index is 494. The summed E-state index contributed by atoms with van der Waals surface area (Å²) in [6, 6.07) is 1.41. The van der Waals surface area contributed by atoms with Crippen molar-refractivity contribution in [2.75, 3.05) is 7.05 Å². The number of hydrogen-bond donors (Lipinski definition) is 0. The summed E-state index contributed by atoms with van der Waals surface area (Å²) in [4.78, 5) is 7.23. The summed E-state index contributed by atoms with van der Waals surface area (Å²) in [5, 5.41) is 4.07. The summed E-state index contributed by atoms with van der Waals surface area (Å²) >= 11 is 0. The highest BCUT2D eigenvalue weighted by atomic mass is 16.5. The van der Waals surface area contributed by atoms with Gasteiger partial charge in [0, 0.05) is 12.1 Å². The summed E-state index contributed by atoms with van der Waals surface area (Å²) in [6.45, 7) is 1.94. The van der Waals surface area contributed by atoms with Crippen LogP contribution in [0.5, 0.6) is 0 Å². The van der Waals surface area contributed by atoms with Gasteiger partial charge in [-0.15, -0.1) is 0 Å². The lowest BCUT2D eigenvalue weighted by molar-refractivity contribution is 0.0493. The molecule has 21 heavy (non-hydrogen) atoms. The van der Waals surface area contributed by atoms with Crippen molar-refractivity contribution in [3.8, 4) is 0 Å². The highest BCUT2D eigenvalue weighted by Crippen LogP contribution is 2.51. The molecule has 3 aliphatic rings. The maximum atomic E-state index is 5.64. The quantitative estimate of drug-likeness (QED) is 0.835. The van der Waals surface area contributed by atoms with Crippen molar-refractivity contribution < 1.29 is 4.52 Å². The molecule has 4 nitrogen and oxygen atoms in total. The molecule has 4 rings (SSSR count). The van der Waals surface area contributed by atoms with E-state index in [0.29, 0.717) is 12.0 Å². The highest BCUT2D eigenvalue weighted by molar-refractivity contribution is 5.11. The monoisotopic (exact) mass is 289 g/mol. The molecule has 3 fully saturated rings. The predicted octanol–water partition coefficient (Wildman–Crippen LogP) is 3.52. The van der Waals surface area contributed by atoms with Crippen molar-refractivity contribution in [1.82, 2.24) is 15.0 Å². The normalized spacial score (nSPS) is 38.0. The lowest BCUT2D eigenvalue weighted by Gasteiger charge is -2.45. The molecule has 0 aromatic carbocycles. The first-order valence-electron chi connectivity index (χ1n) is 8.76. The number of aryl methyl sites for hydroxylation is 1. The van der Waals surface area contributed by atoms with Crippen LogP contribution in [0.15, 0.2) is 4.52 Å². The number of nitrogens with zero attached hydrogens (tertiary/aromatic N) is 3. The lowest BCUT2D eigenvalue weighted by atomic mass is 9.68. The van der Waals surface area contributed by atoms with Crippen molar-refractivity contribution >= 4 is 0 Å². The average molecular weight is 289 g/mol. The van der Waals surface area contributed by atoms with Gasteiger partial charge < -0.3 is 4.52 Å². The van der Waals surface area contributed by atoms with Gasteiger partial charge in [0.2, 0.25) is 5.89 Å². The van der Waals surface area contributed by atoms with Crippen molar-refractivity contribution in [1.29, 1.82) is 0 Å². The molecule has 1 aliphatic carbocycles. The van der Waals surface area contributed by atoms with Gasteiger partial charge in [-0.2, -0.15) is 4.98 Å². The van der Waals surface area contributed by atoms with Crippen LogP contribution in [0.3, 0.4) is 0 Å². The van der Waals surface area contributed by atoms with E-state index in [9.17, 15) is 0 Å². The molecule has 1 saturated carbocycles. The third-order valence-corrected chi connectivity index (χ3v) is 6.40. The molecule has 0 amide bonds. The molecule has 2 aliphatic heterocycles. The molecule has 116 valence electrons. The van der Waals surface area contributed by atoms with Crippen LogP contribution in [0.2, 0.25) is 0 Å². The molecular formula is C17H27N3O. The second kappa shape index (κ2) is 5.38. The summed E-state index contributed by atoms with van der Waals surface area (Å²) in [5.74, 6) is 3.82. The molecule has 0 spiro atoms. The van der Waals surface area contributed by atoms with Crippen LogP contribution in [0.1, 0.15) is 69.0 Å². The Morgan fingerprint density at radius 1 is 1.10 bits per heavy atom. The molecule has 0 N–H and O–H groups in total. The SMILES string of the molecule is Cc1noc([C@@H]2C3CCC(C[C@H]2C2CCCCC2)N3C)n1. The molecule has 0 radical (unpaired) electrons. The fraction of sp³-hybridized carbons (Fsp3) is 0.882. The standard InChI is InChI=1S/C17H27N3O/c1-11-18-17(21-19-11)16-14(12-6-4-3-5-7-12)10-13-8-9-15(16)20(13)2/h12-16H,3-10H2,1-2H3/t13?,14-,15?,16-/m0/s1. The Labute approximate surface area is 127 Å². The van der Waals surface area contributed by atoms with Crippen LogP contribution in [-0.2, 0) is 0 Å². The number of piperidine rings is 1. The Morgan fingerprint density at radius 2 is 1.90 bits per heavy atom. The maximum Gasteiger partial charge on any atom is 0.231 e. The zero-order chi connectivity index (χ0) is 14.4. The number of hydrogen-bond acceptors (Lipinski definition) is 4. The van der Waals surface area contributed by atoms with Crippen molar-refractivity contribution in [3.63, 3.8) is 0 Å². The maximum absolute atomic E-state index is 5.64. The first kappa shape index (κ1) is 13.7. The molecule has 4 atom stereocenters. The molecule has 2 saturated heterocycles. The smallest absolute Gasteiger partial charge is 0.231 e. The Hall–Kier alpha value is -0.900. The van der Waals surface area contributed by atoms with Crippen molar-refractivity contribution in [3.05, 3.63) is 11.7 Å². The second-order valence-corrected chi connectivity index (χ2v) is 7.47. The van der Waals surface area contributed by atoms with Crippen LogP contribution < -0.4 is 0 Å². The van der Waals surface area contributed by atoms with E-state index < -0.39 is 0 Å². The van der Waals surface area contributed by atoms with Crippen molar-refractivity contribution in [2.24, 2.45) is 11.8 Å². The van der Waals surface area contributed by atoms with Gasteiger partial charge >= 0.3 is 0 Å².